The van der Waals surface area contributed by atoms with E-state index < -0.39 is 11.7 Å². The van der Waals surface area contributed by atoms with Crippen molar-refractivity contribution in [3.05, 3.63) is 75.8 Å². The lowest BCUT2D eigenvalue weighted by molar-refractivity contribution is -0.137. The first-order valence-corrected chi connectivity index (χ1v) is 13.0. The van der Waals surface area contributed by atoms with Crippen molar-refractivity contribution in [1.82, 2.24) is 15.5 Å². The lowest BCUT2D eigenvalue weighted by Gasteiger charge is -2.26. The summed E-state index contributed by atoms with van der Waals surface area (Å²) >= 11 is 1.45. The van der Waals surface area contributed by atoms with E-state index in [1.165, 1.54) is 40.6 Å². The third kappa shape index (κ3) is 6.76. The molecule has 4 rings (SSSR count). The molecule has 0 saturated carbocycles. The van der Waals surface area contributed by atoms with Crippen molar-refractivity contribution >= 4 is 17.6 Å². The number of methoxy groups -OCH3 is 1. The number of amidine groups is 1. The van der Waals surface area contributed by atoms with Crippen LogP contribution in [-0.4, -0.2) is 48.2 Å². The van der Waals surface area contributed by atoms with E-state index in [2.05, 4.69) is 52.7 Å². The first-order valence-electron chi connectivity index (χ1n) is 12.0. The molecule has 1 unspecified atom stereocenters. The molecule has 11 heteroatoms. The molecule has 7 nitrogen and oxygen atoms in total. The molecule has 1 atom stereocenters. The second-order valence-corrected chi connectivity index (χ2v) is 10.1. The van der Waals surface area contributed by atoms with Crippen molar-refractivity contribution in [2.24, 2.45) is 5.16 Å². The number of rotatable bonds is 9. The highest BCUT2D eigenvalue weighted by Crippen LogP contribution is 2.35. The van der Waals surface area contributed by atoms with Gasteiger partial charge in [0.1, 0.15) is 17.4 Å². The van der Waals surface area contributed by atoms with Gasteiger partial charge in [-0.15, -0.1) is 22.0 Å². The molecular weight excluding hydrogens is 517 g/mol. The predicted octanol–water partition coefficient (Wildman–Crippen LogP) is 5.84. The highest BCUT2D eigenvalue weighted by molar-refractivity contribution is 7.99. The van der Waals surface area contributed by atoms with E-state index in [9.17, 15) is 13.2 Å². The molecule has 0 aliphatic carbocycles. The van der Waals surface area contributed by atoms with Gasteiger partial charge in [-0.2, -0.15) is 13.2 Å². The molecule has 2 heterocycles. The van der Waals surface area contributed by atoms with Crippen LogP contribution in [0, 0.1) is 20.8 Å². The highest BCUT2D eigenvalue weighted by atomic mass is 32.2. The van der Waals surface area contributed by atoms with Gasteiger partial charge in [0.05, 0.1) is 23.8 Å². The molecule has 0 amide bonds. The van der Waals surface area contributed by atoms with E-state index in [4.69, 9.17) is 14.3 Å². The van der Waals surface area contributed by atoms with Crippen molar-refractivity contribution < 1.29 is 27.5 Å². The normalized spacial score (nSPS) is 15.4. The summed E-state index contributed by atoms with van der Waals surface area (Å²) in [5, 5.41) is 16.8. The fraction of sp³-hybridized carbons (Fsp3) is 0.370. The quantitative estimate of drug-likeness (QED) is 0.267. The summed E-state index contributed by atoms with van der Waals surface area (Å²) in [6, 6.07) is 10.8. The molecule has 1 aliphatic heterocycles. The van der Waals surface area contributed by atoms with Crippen LogP contribution in [0.5, 0.6) is 11.6 Å². The van der Waals surface area contributed by atoms with Crippen LogP contribution >= 0.6 is 11.8 Å². The number of nitrogens with zero attached hydrogens (tertiary/aromatic N) is 3. The number of oxime groups is 1. The number of thioether (sulfide) groups is 1. The Hall–Kier alpha value is -3.31. The summed E-state index contributed by atoms with van der Waals surface area (Å²) in [5.74, 6) is 1.04. The van der Waals surface area contributed by atoms with Crippen molar-refractivity contribution in [3.63, 3.8) is 0 Å². The zero-order valence-electron chi connectivity index (χ0n) is 21.6. The molecular formula is C27H29F3N4O3S. The lowest BCUT2D eigenvalue weighted by Crippen LogP contribution is -2.44. The summed E-state index contributed by atoms with van der Waals surface area (Å²) in [7, 11) is 1.62. The maximum absolute atomic E-state index is 13.3. The zero-order chi connectivity index (χ0) is 27.3. The Morgan fingerprint density at radius 1 is 1.11 bits per heavy atom. The van der Waals surface area contributed by atoms with Crippen molar-refractivity contribution in [3.8, 4) is 11.6 Å². The molecule has 3 aromatic rings. The van der Waals surface area contributed by atoms with Crippen molar-refractivity contribution in [2.45, 2.75) is 44.4 Å². The van der Waals surface area contributed by atoms with E-state index in [-0.39, 0.29) is 17.7 Å². The second kappa shape index (κ2) is 12.0. The van der Waals surface area contributed by atoms with Crippen LogP contribution in [-0.2, 0) is 22.2 Å². The molecule has 38 heavy (non-hydrogen) atoms. The van der Waals surface area contributed by atoms with Gasteiger partial charge < -0.3 is 19.6 Å². The predicted molar refractivity (Wildman–Crippen MR) is 140 cm³/mol. The van der Waals surface area contributed by atoms with Crippen LogP contribution in [0.2, 0.25) is 0 Å². The minimum Gasteiger partial charge on any atom is -0.437 e. The number of ether oxygens (including phenoxy) is 2. The Morgan fingerprint density at radius 2 is 1.92 bits per heavy atom. The fourth-order valence-electron chi connectivity index (χ4n) is 4.06. The number of hydrogen-bond acceptors (Lipinski definition) is 8. The van der Waals surface area contributed by atoms with E-state index in [0.29, 0.717) is 47.4 Å². The number of halogens is 3. The molecule has 202 valence electrons. The Morgan fingerprint density at radius 3 is 2.66 bits per heavy atom. The lowest BCUT2D eigenvalue weighted by atomic mass is 9.99. The van der Waals surface area contributed by atoms with E-state index >= 15 is 0 Å². The van der Waals surface area contributed by atoms with Gasteiger partial charge in [-0.3, -0.25) is 0 Å². The Balaban J connectivity index is 1.66. The van der Waals surface area contributed by atoms with Crippen LogP contribution in [0.1, 0.15) is 33.4 Å². The molecule has 0 radical (unpaired) electrons. The van der Waals surface area contributed by atoms with Crippen molar-refractivity contribution in [1.29, 1.82) is 0 Å². The van der Waals surface area contributed by atoms with Gasteiger partial charge in [0.25, 0.3) is 0 Å². The standard InChI is InChI=1S/C27H29F3N4O3S/c1-16-8-9-19(17(2)12-16)13-21-15-36-34-24(31-21)23-18(3)26(38-11-10-35-4)33-32-25(23)37-22-7-5-6-20(14-22)27(28,29)30/h5-9,12,14,21H,10-11,13,15H2,1-4H3,(H,31,34). The zero-order valence-corrected chi connectivity index (χ0v) is 22.4. The first-order chi connectivity index (χ1) is 18.2. The van der Waals surface area contributed by atoms with Gasteiger partial charge >= 0.3 is 6.18 Å². The maximum atomic E-state index is 13.3. The van der Waals surface area contributed by atoms with Crippen LogP contribution in [0.3, 0.4) is 0 Å². The van der Waals surface area contributed by atoms with Crippen LogP contribution < -0.4 is 10.1 Å². The second-order valence-electron chi connectivity index (χ2n) is 8.99. The Labute approximate surface area is 223 Å². The Kier molecular flexibility index (Phi) is 8.78. The number of alkyl halides is 3. The van der Waals surface area contributed by atoms with Gasteiger partial charge in [0.15, 0.2) is 5.84 Å². The van der Waals surface area contributed by atoms with Gasteiger partial charge in [0.2, 0.25) is 5.88 Å². The fourth-order valence-corrected chi connectivity index (χ4v) is 4.92. The third-order valence-electron chi connectivity index (χ3n) is 6.02. The van der Waals surface area contributed by atoms with Gasteiger partial charge in [0, 0.05) is 12.9 Å². The highest BCUT2D eigenvalue weighted by Gasteiger charge is 2.31. The average Bonchev–Trinajstić information content (AvgIpc) is 2.87. The summed E-state index contributed by atoms with van der Waals surface area (Å²) in [4.78, 5) is 5.59. The minimum absolute atomic E-state index is 0.0151. The summed E-state index contributed by atoms with van der Waals surface area (Å²) in [6.07, 6.45) is -3.81. The van der Waals surface area contributed by atoms with Crippen LogP contribution in [0.4, 0.5) is 13.2 Å². The summed E-state index contributed by atoms with van der Waals surface area (Å²) in [5.41, 5.74) is 3.92. The van der Waals surface area contributed by atoms with Gasteiger partial charge in [-0.25, -0.2) is 0 Å². The number of benzene rings is 2. The van der Waals surface area contributed by atoms with Gasteiger partial charge in [-0.1, -0.05) is 35.0 Å². The SMILES string of the molecule is COCCSc1nnc(Oc2cccc(C(F)(F)F)c2)c(C2=NOCC(Cc3ccc(C)cc3C)N2)c1C. The number of nitrogens with one attached hydrogen (secondary N) is 1. The molecule has 1 aromatic heterocycles. The van der Waals surface area contributed by atoms with Crippen molar-refractivity contribution in [2.75, 3.05) is 26.1 Å². The number of aromatic nitrogens is 2. The van der Waals surface area contributed by atoms with Crippen LogP contribution in [0.25, 0.3) is 0 Å². The van der Waals surface area contributed by atoms with E-state index in [0.717, 1.165) is 12.1 Å². The van der Waals surface area contributed by atoms with Gasteiger partial charge in [-0.05, 0) is 62.1 Å². The first kappa shape index (κ1) is 27.7. The smallest absolute Gasteiger partial charge is 0.416 e. The monoisotopic (exact) mass is 546 g/mol. The maximum Gasteiger partial charge on any atom is 0.416 e. The largest absolute Gasteiger partial charge is 0.437 e. The molecule has 1 N–H and O–H groups in total. The molecule has 1 aliphatic rings. The summed E-state index contributed by atoms with van der Waals surface area (Å²) < 4.78 is 50.8. The number of hydrogen-bond donors (Lipinski definition) is 1. The molecule has 2 aromatic carbocycles. The average molecular weight is 547 g/mol. The minimum atomic E-state index is -4.50. The summed E-state index contributed by atoms with van der Waals surface area (Å²) in [6.45, 7) is 6.84. The molecule has 0 spiro atoms. The molecule has 0 saturated heterocycles. The topological polar surface area (TPSA) is 77.9 Å². The third-order valence-corrected chi connectivity index (χ3v) is 7.05. The Bertz CT molecular complexity index is 1320. The molecule has 0 fully saturated rings. The van der Waals surface area contributed by atoms with E-state index in [1.54, 1.807) is 7.11 Å². The molecule has 0 bridgehead atoms. The van der Waals surface area contributed by atoms with Crippen LogP contribution in [0.15, 0.2) is 52.6 Å². The van der Waals surface area contributed by atoms with E-state index in [1.807, 2.05) is 6.92 Å². The number of aryl methyl sites for hydroxylation is 2.